The number of hydrogen-bond acceptors (Lipinski definition) is 2. The molecule has 2 aromatic rings. The Labute approximate surface area is 93.8 Å². The lowest BCUT2D eigenvalue weighted by molar-refractivity contribution is 0.601. The Morgan fingerprint density at radius 3 is 2.25 bits per heavy atom. The lowest BCUT2D eigenvalue weighted by atomic mass is 10.0. The number of fused-ring (bicyclic) bond motifs is 3. The molecule has 16 heavy (non-hydrogen) atoms. The van der Waals surface area contributed by atoms with Gasteiger partial charge in [-0.15, -0.1) is 0 Å². The molecule has 3 nitrogen and oxygen atoms in total. The maximum Gasteiger partial charge on any atom is 0.262 e. The van der Waals surface area contributed by atoms with Gasteiger partial charge in [-0.05, 0) is 12.1 Å². The van der Waals surface area contributed by atoms with Crippen molar-refractivity contribution in [3.05, 3.63) is 48.5 Å². The zero-order valence-corrected chi connectivity index (χ0v) is 9.16. The summed E-state index contributed by atoms with van der Waals surface area (Å²) in [6.07, 6.45) is 0. The molecular weight excluding hydrogens is 222 g/mol. The maximum atomic E-state index is 11.9. The third-order valence-corrected chi connectivity index (χ3v) is 4.06. The van der Waals surface area contributed by atoms with Crippen LogP contribution in [0.4, 0.5) is 5.69 Å². The summed E-state index contributed by atoms with van der Waals surface area (Å²) in [6, 6.07) is 14.4. The van der Waals surface area contributed by atoms with Crippen molar-refractivity contribution in [2.75, 3.05) is 4.72 Å². The first-order chi connectivity index (χ1) is 7.68. The van der Waals surface area contributed by atoms with Gasteiger partial charge in [0.2, 0.25) is 0 Å². The molecule has 1 aliphatic heterocycles. The van der Waals surface area contributed by atoms with E-state index >= 15 is 0 Å². The van der Waals surface area contributed by atoms with Crippen molar-refractivity contribution in [1.82, 2.24) is 0 Å². The van der Waals surface area contributed by atoms with E-state index in [1.54, 1.807) is 18.2 Å². The van der Waals surface area contributed by atoms with Crippen LogP contribution in [0.1, 0.15) is 0 Å². The summed E-state index contributed by atoms with van der Waals surface area (Å²) in [4.78, 5) is 0.341. The predicted molar refractivity (Wildman–Crippen MR) is 62.7 cm³/mol. The Morgan fingerprint density at radius 2 is 1.44 bits per heavy atom. The van der Waals surface area contributed by atoms with Gasteiger partial charge in [0.05, 0.1) is 10.6 Å². The average Bonchev–Trinajstić information content (AvgIpc) is 2.29. The minimum Gasteiger partial charge on any atom is -0.279 e. The van der Waals surface area contributed by atoms with Crippen molar-refractivity contribution in [2.24, 2.45) is 0 Å². The predicted octanol–water partition coefficient (Wildman–Crippen LogP) is 2.47. The highest BCUT2D eigenvalue weighted by Crippen LogP contribution is 2.38. The standard InChI is InChI=1S/C12H9NO2S/c14-16(15)12-8-4-2-6-10(12)9-5-1-3-7-11(9)13-16/h1-8,13H. The summed E-state index contributed by atoms with van der Waals surface area (Å²) in [7, 11) is -3.41. The first-order valence-electron chi connectivity index (χ1n) is 4.90. The highest BCUT2D eigenvalue weighted by Gasteiger charge is 2.25. The fraction of sp³-hybridized carbons (Fsp3) is 0. The third kappa shape index (κ3) is 1.23. The minimum absolute atomic E-state index is 0.341. The van der Waals surface area contributed by atoms with Crippen molar-refractivity contribution in [1.29, 1.82) is 0 Å². The molecule has 0 amide bonds. The van der Waals surface area contributed by atoms with Crippen LogP contribution in [0.2, 0.25) is 0 Å². The highest BCUT2D eigenvalue weighted by atomic mass is 32.2. The summed E-state index contributed by atoms with van der Waals surface area (Å²) < 4.78 is 26.4. The van der Waals surface area contributed by atoms with Gasteiger partial charge in [0.25, 0.3) is 10.0 Å². The van der Waals surface area contributed by atoms with Crippen LogP contribution < -0.4 is 4.72 Å². The van der Waals surface area contributed by atoms with E-state index < -0.39 is 10.0 Å². The Hall–Kier alpha value is -1.81. The fourth-order valence-electron chi connectivity index (χ4n) is 1.93. The SMILES string of the molecule is O=S1(=O)Nc2ccccc2-c2ccccc21. The van der Waals surface area contributed by atoms with E-state index in [0.717, 1.165) is 11.1 Å². The molecule has 0 spiro atoms. The fourth-order valence-corrected chi connectivity index (χ4v) is 3.23. The smallest absolute Gasteiger partial charge is 0.262 e. The first kappa shape index (κ1) is 9.42. The van der Waals surface area contributed by atoms with Crippen molar-refractivity contribution in [3.8, 4) is 11.1 Å². The van der Waals surface area contributed by atoms with Gasteiger partial charge in [-0.25, -0.2) is 8.42 Å². The summed E-state index contributed by atoms with van der Waals surface area (Å²) >= 11 is 0. The lowest BCUT2D eigenvalue weighted by Crippen LogP contribution is -2.18. The van der Waals surface area contributed by atoms with Gasteiger partial charge >= 0.3 is 0 Å². The number of anilines is 1. The van der Waals surface area contributed by atoms with E-state index in [1.807, 2.05) is 30.3 Å². The minimum atomic E-state index is -3.41. The van der Waals surface area contributed by atoms with E-state index in [1.165, 1.54) is 0 Å². The largest absolute Gasteiger partial charge is 0.279 e. The molecule has 0 saturated heterocycles. The number of nitrogens with one attached hydrogen (secondary N) is 1. The topological polar surface area (TPSA) is 46.2 Å². The van der Waals surface area contributed by atoms with Gasteiger partial charge in [-0.1, -0.05) is 36.4 Å². The molecule has 0 unspecified atom stereocenters. The monoisotopic (exact) mass is 231 g/mol. The molecule has 0 aliphatic carbocycles. The first-order valence-corrected chi connectivity index (χ1v) is 6.38. The van der Waals surface area contributed by atoms with Gasteiger partial charge in [-0.3, -0.25) is 4.72 Å². The van der Waals surface area contributed by atoms with Gasteiger partial charge in [0.15, 0.2) is 0 Å². The molecule has 3 rings (SSSR count). The van der Waals surface area contributed by atoms with E-state index in [4.69, 9.17) is 0 Å². The van der Waals surface area contributed by atoms with Gasteiger partial charge in [0.1, 0.15) is 0 Å². The molecule has 4 heteroatoms. The van der Waals surface area contributed by atoms with Gasteiger partial charge in [-0.2, -0.15) is 0 Å². The van der Waals surface area contributed by atoms with Crippen LogP contribution in [0.15, 0.2) is 53.4 Å². The molecule has 0 fully saturated rings. The van der Waals surface area contributed by atoms with Crippen LogP contribution >= 0.6 is 0 Å². The number of rotatable bonds is 0. The van der Waals surface area contributed by atoms with E-state index in [0.29, 0.717) is 10.6 Å². The quantitative estimate of drug-likeness (QED) is 0.757. The molecule has 1 heterocycles. The Bertz CT molecular complexity index is 662. The van der Waals surface area contributed by atoms with E-state index in [9.17, 15) is 8.42 Å². The van der Waals surface area contributed by atoms with Crippen molar-refractivity contribution in [3.63, 3.8) is 0 Å². The molecule has 1 N–H and O–H groups in total. The normalized spacial score (nSPS) is 15.8. The zero-order chi connectivity index (χ0) is 11.2. The number of sulfonamides is 1. The second-order valence-corrected chi connectivity index (χ2v) is 5.30. The molecular formula is C12H9NO2S. The van der Waals surface area contributed by atoms with Crippen LogP contribution in [-0.2, 0) is 10.0 Å². The number of benzene rings is 2. The molecule has 1 aliphatic rings. The van der Waals surface area contributed by atoms with Crippen LogP contribution in [0, 0.1) is 0 Å². The second kappa shape index (κ2) is 3.09. The van der Waals surface area contributed by atoms with Crippen LogP contribution in [0.3, 0.4) is 0 Å². The van der Waals surface area contributed by atoms with E-state index in [2.05, 4.69) is 4.72 Å². The average molecular weight is 231 g/mol. The molecule has 0 bridgehead atoms. The summed E-state index contributed by atoms with van der Waals surface area (Å²) in [5.74, 6) is 0. The molecule has 0 aromatic heterocycles. The van der Waals surface area contributed by atoms with Crippen LogP contribution in [0.5, 0.6) is 0 Å². The van der Waals surface area contributed by atoms with E-state index in [-0.39, 0.29) is 0 Å². The summed E-state index contributed by atoms with van der Waals surface area (Å²) in [6.45, 7) is 0. The molecule has 80 valence electrons. The Morgan fingerprint density at radius 1 is 0.812 bits per heavy atom. The second-order valence-electron chi connectivity index (χ2n) is 3.65. The Balaban J connectivity index is 2.42. The highest BCUT2D eigenvalue weighted by molar-refractivity contribution is 7.93. The Kier molecular flexibility index (Phi) is 1.82. The molecule has 0 atom stereocenters. The van der Waals surface area contributed by atoms with Crippen LogP contribution in [-0.4, -0.2) is 8.42 Å². The third-order valence-electron chi connectivity index (χ3n) is 2.64. The summed E-state index contributed by atoms with van der Waals surface area (Å²) in [5, 5.41) is 0. The summed E-state index contributed by atoms with van der Waals surface area (Å²) in [5.41, 5.74) is 2.32. The number of hydrogen-bond donors (Lipinski definition) is 1. The lowest BCUT2D eigenvalue weighted by Gasteiger charge is -2.20. The van der Waals surface area contributed by atoms with Gasteiger partial charge < -0.3 is 0 Å². The zero-order valence-electron chi connectivity index (χ0n) is 8.34. The van der Waals surface area contributed by atoms with Crippen LogP contribution in [0.25, 0.3) is 11.1 Å². The maximum absolute atomic E-state index is 11.9. The van der Waals surface area contributed by atoms with Crippen molar-refractivity contribution in [2.45, 2.75) is 4.90 Å². The van der Waals surface area contributed by atoms with Crippen molar-refractivity contribution < 1.29 is 8.42 Å². The molecule has 2 aromatic carbocycles. The van der Waals surface area contributed by atoms with Crippen molar-refractivity contribution >= 4 is 15.7 Å². The van der Waals surface area contributed by atoms with Gasteiger partial charge in [0, 0.05) is 11.1 Å². The number of para-hydroxylation sites is 1. The molecule has 0 radical (unpaired) electrons. The molecule has 0 saturated carbocycles.